The number of rotatable bonds is 4. The molecule has 1 fully saturated rings. The van der Waals surface area contributed by atoms with Crippen molar-refractivity contribution in [2.45, 2.75) is 19.1 Å². The monoisotopic (exact) mass is 251 g/mol. The highest BCUT2D eigenvalue weighted by molar-refractivity contribution is 5.79. The summed E-state index contributed by atoms with van der Waals surface area (Å²) in [4.78, 5) is 13.2. The number of β-amino-alcohol motifs (C(OH)–C–C–N with tert-alkyl or cyclic N) is 1. The number of nitrogens with zero attached hydrogens (tertiary/aromatic N) is 1. The van der Waals surface area contributed by atoms with Gasteiger partial charge in [-0.1, -0.05) is 6.07 Å². The maximum absolute atomic E-state index is 11.6. The van der Waals surface area contributed by atoms with Crippen LogP contribution in [-0.4, -0.2) is 42.8 Å². The molecule has 18 heavy (non-hydrogen) atoms. The normalized spacial score (nSPS) is 19.2. The smallest absolute Gasteiger partial charge is 0.225 e. The lowest BCUT2D eigenvalue weighted by atomic mass is 10.2. The minimum Gasteiger partial charge on any atom is -0.493 e. The molecule has 1 aromatic rings. The van der Waals surface area contributed by atoms with Gasteiger partial charge in [0, 0.05) is 13.1 Å². The molecule has 2 rings (SSSR count). The molecule has 1 amide bonds. The molecule has 1 aliphatic heterocycles. The molecule has 0 bridgehead atoms. The maximum Gasteiger partial charge on any atom is 0.225 e. The molecule has 5 nitrogen and oxygen atoms in total. The zero-order chi connectivity index (χ0) is 13.1. The molecule has 0 aromatic heterocycles. The first-order valence-corrected chi connectivity index (χ1v) is 5.80. The van der Waals surface area contributed by atoms with Crippen LogP contribution in [0.4, 0.5) is 0 Å². The number of ether oxygens (including phenoxy) is 2. The van der Waals surface area contributed by atoms with Crippen LogP contribution in [0.2, 0.25) is 0 Å². The molecule has 0 radical (unpaired) electrons. The van der Waals surface area contributed by atoms with Gasteiger partial charge in [0.1, 0.15) is 0 Å². The summed E-state index contributed by atoms with van der Waals surface area (Å²) in [5.74, 6) is 1.29. The summed E-state index contributed by atoms with van der Waals surface area (Å²) in [5.41, 5.74) is 0.954. The van der Waals surface area contributed by atoms with Crippen LogP contribution in [0.5, 0.6) is 11.5 Å². The summed E-state index contributed by atoms with van der Waals surface area (Å²) in [7, 11) is 3.16. The molecule has 98 valence electrons. The second kappa shape index (κ2) is 5.27. The Morgan fingerprint density at radius 1 is 1.33 bits per heavy atom. The van der Waals surface area contributed by atoms with E-state index in [9.17, 15) is 9.90 Å². The number of hydrogen-bond acceptors (Lipinski definition) is 4. The maximum atomic E-state index is 11.6. The molecule has 0 spiro atoms. The molecule has 1 aromatic carbocycles. The fourth-order valence-corrected chi connectivity index (χ4v) is 2.10. The molecular formula is C13H17NO4. The first-order chi connectivity index (χ1) is 8.63. The van der Waals surface area contributed by atoms with Crippen molar-refractivity contribution in [3.05, 3.63) is 23.8 Å². The van der Waals surface area contributed by atoms with Crippen LogP contribution in [0.1, 0.15) is 12.0 Å². The molecule has 5 heteroatoms. The van der Waals surface area contributed by atoms with Crippen LogP contribution in [0, 0.1) is 0 Å². The van der Waals surface area contributed by atoms with Crippen molar-refractivity contribution in [3.63, 3.8) is 0 Å². The summed E-state index contributed by atoms with van der Waals surface area (Å²) >= 11 is 0. The standard InChI is InChI=1S/C13H17NO4/c1-17-11-4-3-9(5-12(11)18-2)7-14-8-10(15)6-13(14)16/h3-5,10,15H,6-8H2,1-2H3. The van der Waals surface area contributed by atoms with E-state index in [2.05, 4.69) is 0 Å². The third kappa shape index (κ3) is 2.56. The predicted molar refractivity (Wildman–Crippen MR) is 65.6 cm³/mol. The minimum absolute atomic E-state index is 0.0164. The average Bonchev–Trinajstić information content (AvgIpc) is 2.67. The Kier molecular flexibility index (Phi) is 3.72. The summed E-state index contributed by atoms with van der Waals surface area (Å²) in [6.07, 6.45) is -0.328. The second-order valence-electron chi connectivity index (χ2n) is 4.32. The van der Waals surface area contributed by atoms with Gasteiger partial charge in [0.2, 0.25) is 5.91 Å². The van der Waals surface area contributed by atoms with E-state index in [0.717, 1.165) is 5.56 Å². The van der Waals surface area contributed by atoms with E-state index in [1.54, 1.807) is 19.1 Å². The van der Waals surface area contributed by atoms with E-state index < -0.39 is 6.10 Å². The van der Waals surface area contributed by atoms with Gasteiger partial charge in [0.25, 0.3) is 0 Å². The molecule has 1 aliphatic rings. The zero-order valence-corrected chi connectivity index (χ0v) is 10.5. The van der Waals surface area contributed by atoms with Gasteiger partial charge < -0.3 is 19.5 Å². The van der Waals surface area contributed by atoms with Gasteiger partial charge in [0.15, 0.2) is 11.5 Å². The number of methoxy groups -OCH3 is 2. The number of benzene rings is 1. The number of likely N-dealkylation sites (tertiary alicyclic amines) is 1. The van der Waals surface area contributed by atoms with Crippen LogP contribution < -0.4 is 9.47 Å². The summed E-state index contributed by atoms with van der Waals surface area (Å²) < 4.78 is 10.4. The largest absolute Gasteiger partial charge is 0.493 e. The summed E-state index contributed by atoms with van der Waals surface area (Å²) in [6, 6.07) is 5.54. The lowest BCUT2D eigenvalue weighted by Gasteiger charge is -2.17. The van der Waals surface area contributed by atoms with Gasteiger partial charge in [-0.3, -0.25) is 4.79 Å². The van der Waals surface area contributed by atoms with E-state index >= 15 is 0 Å². The van der Waals surface area contributed by atoms with Crippen molar-refractivity contribution in [3.8, 4) is 11.5 Å². The Bertz CT molecular complexity index is 447. The third-order valence-electron chi connectivity index (χ3n) is 3.02. The first-order valence-electron chi connectivity index (χ1n) is 5.80. The Morgan fingerprint density at radius 2 is 2.06 bits per heavy atom. The number of aliphatic hydroxyl groups is 1. The molecule has 1 unspecified atom stereocenters. The first kappa shape index (κ1) is 12.7. The Labute approximate surface area is 106 Å². The zero-order valence-electron chi connectivity index (χ0n) is 10.5. The Morgan fingerprint density at radius 3 is 2.61 bits per heavy atom. The summed E-state index contributed by atoms with van der Waals surface area (Å²) in [5, 5.41) is 9.42. The fourth-order valence-electron chi connectivity index (χ4n) is 2.10. The van der Waals surface area contributed by atoms with Crippen LogP contribution in [-0.2, 0) is 11.3 Å². The van der Waals surface area contributed by atoms with Gasteiger partial charge >= 0.3 is 0 Å². The molecular weight excluding hydrogens is 234 g/mol. The third-order valence-corrected chi connectivity index (χ3v) is 3.02. The van der Waals surface area contributed by atoms with Crippen molar-refractivity contribution >= 4 is 5.91 Å². The van der Waals surface area contributed by atoms with Crippen molar-refractivity contribution in [1.29, 1.82) is 0 Å². The van der Waals surface area contributed by atoms with Crippen molar-refractivity contribution in [2.24, 2.45) is 0 Å². The van der Waals surface area contributed by atoms with Gasteiger partial charge in [-0.25, -0.2) is 0 Å². The minimum atomic E-state index is -0.544. The van der Waals surface area contributed by atoms with Crippen molar-refractivity contribution in [1.82, 2.24) is 4.90 Å². The van der Waals surface area contributed by atoms with Gasteiger partial charge in [-0.15, -0.1) is 0 Å². The second-order valence-corrected chi connectivity index (χ2v) is 4.32. The topological polar surface area (TPSA) is 59.0 Å². The number of aliphatic hydroxyl groups excluding tert-OH is 1. The van der Waals surface area contributed by atoms with Crippen LogP contribution in [0.15, 0.2) is 18.2 Å². The number of amides is 1. The number of carbonyl (C=O) groups excluding carboxylic acids is 1. The number of carbonyl (C=O) groups is 1. The molecule has 1 atom stereocenters. The molecule has 0 aliphatic carbocycles. The molecule has 1 saturated heterocycles. The average molecular weight is 251 g/mol. The van der Waals surface area contributed by atoms with E-state index in [0.29, 0.717) is 24.6 Å². The van der Waals surface area contributed by atoms with Gasteiger partial charge in [-0.05, 0) is 17.7 Å². The highest BCUT2D eigenvalue weighted by atomic mass is 16.5. The van der Waals surface area contributed by atoms with Crippen LogP contribution in [0.25, 0.3) is 0 Å². The molecule has 1 heterocycles. The fraction of sp³-hybridized carbons (Fsp3) is 0.462. The lowest BCUT2D eigenvalue weighted by molar-refractivity contribution is -0.128. The van der Waals surface area contributed by atoms with E-state index in [4.69, 9.17) is 9.47 Å². The van der Waals surface area contributed by atoms with Crippen LogP contribution in [0.3, 0.4) is 0 Å². The van der Waals surface area contributed by atoms with Crippen LogP contribution >= 0.6 is 0 Å². The quantitative estimate of drug-likeness (QED) is 0.859. The summed E-state index contributed by atoms with van der Waals surface area (Å²) in [6.45, 7) is 0.878. The van der Waals surface area contributed by atoms with Crippen molar-refractivity contribution in [2.75, 3.05) is 20.8 Å². The lowest BCUT2D eigenvalue weighted by Crippen LogP contribution is -2.25. The predicted octanol–water partition coefficient (Wildman–Crippen LogP) is 0.797. The highest BCUT2D eigenvalue weighted by Gasteiger charge is 2.27. The van der Waals surface area contributed by atoms with E-state index in [-0.39, 0.29) is 12.3 Å². The number of hydrogen-bond donors (Lipinski definition) is 1. The molecule has 1 N–H and O–H groups in total. The van der Waals surface area contributed by atoms with Crippen molar-refractivity contribution < 1.29 is 19.4 Å². The van der Waals surface area contributed by atoms with E-state index in [1.807, 2.05) is 18.2 Å². The molecule has 0 saturated carbocycles. The van der Waals surface area contributed by atoms with E-state index in [1.165, 1.54) is 0 Å². The Hall–Kier alpha value is -1.75. The SMILES string of the molecule is COc1ccc(CN2CC(O)CC2=O)cc1OC. The van der Waals surface area contributed by atoms with Gasteiger partial charge in [-0.2, -0.15) is 0 Å². The highest BCUT2D eigenvalue weighted by Crippen LogP contribution is 2.28. The van der Waals surface area contributed by atoms with Gasteiger partial charge in [0.05, 0.1) is 26.7 Å². The Balaban J connectivity index is 2.12.